The molecule has 1 saturated heterocycles. The average Bonchev–Trinajstić information content (AvgIpc) is 3.13. The average molecular weight is 340 g/mol. The van der Waals surface area contributed by atoms with Gasteiger partial charge in [0, 0.05) is 18.0 Å². The Morgan fingerprint density at radius 1 is 1.04 bits per heavy atom. The van der Waals surface area contributed by atoms with E-state index in [0.29, 0.717) is 6.54 Å². The van der Waals surface area contributed by atoms with Crippen molar-refractivity contribution >= 4 is 17.7 Å². The van der Waals surface area contributed by atoms with Gasteiger partial charge in [0.1, 0.15) is 0 Å². The molecule has 1 fully saturated rings. The summed E-state index contributed by atoms with van der Waals surface area (Å²) in [6.45, 7) is 3.92. The van der Waals surface area contributed by atoms with Crippen LogP contribution in [0.2, 0.25) is 0 Å². The van der Waals surface area contributed by atoms with E-state index in [9.17, 15) is 4.79 Å². The summed E-state index contributed by atoms with van der Waals surface area (Å²) in [7, 11) is 0. The van der Waals surface area contributed by atoms with Crippen LogP contribution in [0, 0.1) is 0 Å². The summed E-state index contributed by atoms with van der Waals surface area (Å²) < 4.78 is 0. The fourth-order valence-corrected chi connectivity index (χ4v) is 3.76. The number of benzene rings is 2. The third kappa shape index (κ3) is 4.19. The topological polar surface area (TPSA) is 32.3 Å². The lowest BCUT2D eigenvalue weighted by Gasteiger charge is -2.18. The van der Waals surface area contributed by atoms with Crippen molar-refractivity contribution in [3.05, 3.63) is 65.2 Å². The van der Waals surface area contributed by atoms with Crippen LogP contribution in [0.3, 0.4) is 0 Å². The quantitative estimate of drug-likeness (QED) is 0.809. The lowest BCUT2D eigenvalue weighted by Crippen LogP contribution is -2.25. The Morgan fingerprint density at radius 3 is 2.46 bits per heavy atom. The molecule has 1 heterocycles. The minimum absolute atomic E-state index is 0.00377. The molecule has 0 radical (unpaired) electrons. The predicted molar refractivity (Wildman–Crippen MR) is 100 cm³/mol. The number of hydrogen-bond donors (Lipinski definition) is 1. The van der Waals surface area contributed by atoms with Crippen molar-refractivity contribution in [3.63, 3.8) is 0 Å². The Hall–Kier alpha value is -1.78. The van der Waals surface area contributed by atoms with E-state index >= 15 is 0 Å². The largest absolute Gasteiger partial charge is 0.348 e. The van der Waals surface area contributed by atoms with Gasteiger partial charge >= 0.3 is 0 Å². The third-order valence-electron chi connectivity index (χ3n) is 4.50. The fourth-order valence-electron chi connectivity index (χ4n) is 3.17. The molecule has 0 aromatic heterocycles. The maximum atomic E-state index is 12.5. The van der Waals surface area contributed by atoms with Crippen molar-refractivity contribution < 1.29 is 4.79 Å². The molecule has 126 valence electrons. The van der Waals surface area contributed by atoms with Crippen molar-refractivity contribution in [1.82, 2.24) is 10.2 Å². The number of carbonyl (C=O) groups is 1. The summed E-state index contributed by atoms with van der Waals surface area (Å²) in [5, 5.41) is 3.08. The first-order chi connectivity index (χ1) is 11.8. The van der Waals surface area contributed by atoms with E-state index in [4.69, 9.17) is 0 Å². The van der Waals surface area contributed by atoms with Crippen LogP contribution in [0.25, 0.3) is 0 Å². The summed E-state index contributed by atoms with van der Waals surface area (Å²) in [5.74, 6) is -0.00377. The van der Waals surface area contributed by atoms with Gasteiger partial charge in [-0.15, -0.1) is 11.8 Å². The first-order valence-corrected chi connectivity index (χ1v) is 9.71. The summed E-state index contributed by atoms with van der Waals surface area (Å²) in [4.78, 5) is 16.0. The Balaban J connectivity index is 1.67. The second-order valence-corrected chi connectivity index (χ2v) is 6.98. The van der Waals surface area contributed by atoms with Crippen LogP contribution in [0.15, 0.2) is 53.4 Å². The number of likely N-dealkylation sites (tertiary alicyclic amines) is 1. The Kier molecular flexibility index (Phi) is 5.94. The maximum absolute atomic E-state index is 12.5. The van der Waals surface area contributed by atoms with E-state index in [2.05, 4.69) is 28.4 Å². The lowest BCUT2D eigenvalue weighted by molar-refractivity contribution is 0.0948. The van der Waals surface area contributed by atoms with Gasteiger partial charge in [0.15, 0.2) is 0 Å². The number of thioether (sulfide) groups is 1. The van der Waals surface area contributed by atoms with Gasteiger partial charge in [-0.05, 0) is 55.4 Å². The first kappa shape index (κ1) is 17.1. The number of hydrogen-bond acceptors (Lipinski definition) is 3. The molecule has 3 rings (SSSR count). The molecule has 3 nitrogen and oxygen atoms in total. The number of carbonyl (C=O) groups excluding carboxylic acids is 1. The number of rotatable bonds is 6. The van der Waals surface area contributed by atoms with Crippen LogP contribution in [-0.4, -0.2) is 30.2 Å². The Labute approximate surface area is 148 Å². The van der Waals surface area contributed by atoms with Crippen LogP contribution in [0.5, 0.6) is 0 Å². The minimum Gasteiger partial charge on any atom is -0.348 e. The molecule has 4 heteroatoms. The highest BCUT2D eigenvalue weighted by Gasteiger charge is 2.14. The standard InChI is InChI=1S/C20H24N2OS/c1-24-19-11-5-4-10-18(19)20(23)21-14-16-8-2-3-9-17(16)15-22-12-6-7-13-22/h2-5,8-11H,6-7,12-15H2,1H3,(H,21,23). The number of nitrogens with zero attached hydrogens (tertiary/aromatic N) is 1. The smallest absolute Gasteiger partial charge is 0.252 e. The molecule has 0 saturated carbocycles. The zero-order valence-electron chi connectivity index (χ0n) is 14.1. The molecule has 0 spiro atoms. The van der Waals surface area contributed by atoms with E-state index in [1.54, 1.807) is 11.8 Å². The predicted octanol–water partition coefficient (Wildman–Crippen LogP) is 3.93. The summed E-state index contributed by atoms with van der Waals surface area (Å²) >= 11 is 1.60. The van der Waals surface area contributed by atoms with E-state index in [0.717, 1.165) is 17.0 Å². The van der Waals surface area contributed by atoms with E-state index in [1.807, 2.05) is 36.6 Å². The van der Waals surface area contributed by atoms with Gasteiger partial charge in [-0.2, -0.15) is 0 Å². The Morgan fingerprint density at radius 2 is 1.71 bits per heavy atom. The van der Waals surface area contributed by atoms with Gasteiger partial charge in [0.05, 0.1) is 5.56 Å². The molecule has 1 amide bonds. The molecule has 1 aliphatic heterocycles. The molecular weight excluding hydrogens is 316 g/mol. The third-order valence-corrected chi connectivity index (χ3v) is 5.30. The first-order valence-electron chi connectivity index (χ1n) is 8.48. The SMILES string of the molecule is CSc1ccccc1C(=O)NCc1ccccc1CN1CCCC1. The van der Waals surface area contributed by atoms with Gasteiger partial charge in [-0.3, -0.25) is 9.69 Å². The highest BCUT2D eigenvalue weighted by Crippen LogP contribution is 2.20. The fraction of sp³-hybridized carbons (Fsp3) is 0.350. The van der Waals surface area contributed by atoms with Crippen LogP contribution in [0.4, 0.5) is 0 Å². The van der Waals surface area contributed by atoms with E-state index in [1.165, 1.54) is 37.1 Å². The van der Waals surface area contributed by atoms with Gasteiger partial charge in [-0.1, -0.05) is 36.4 Å². The van der Waals surface area contributed by atoms with Gasteiger partial charge in [0.25, 0.3) is 5.91 Å². The summed E-state index contributed by atoms with van der Waals surface area (Å²) in [5.41, 5.74) is 3.28. The second kappa shape index (κ2) is 8.36. The maximum Gasteiger partial charge on any atom is 0.252 e. The summed E-state index contributed by atoms with van der Waals surface area (Å²) in [6.07, 6.45) is 4.59. The van der Waals surface area contributed by atoms with Crippen molar-refractivity contribution in [3.8, 4) is 0 Å². The molecule has 1 aliphatic rings. The molecule has 24 heavy (non-hydrogen) atoms. The molecule has 0 atom stereocenters. The number of amides is 1. The molecule has 0 unspecified atom stereocenters. The van der Waals surface area contributed by atoms with Crippen LogP contribution in [-0.2, 0) is 13.1 Å². The summed E-state index contributed by atoms with van der Waals surface area (Å²) in [6, 6.07) is 16.2. The van der Waals surface area contributed by atoms with E-state index in [-0.39, 0.29) is 5.91 Å². The van der Waals surface area contributed by atoms with Crippen molar-refractivity contribution in [2.45, 2.75) is 30.8 Å². The second-order valence-electron chi connectivity index (χ2n) is 6.13. The van der Waals surface area contributed by atoms with Gasteiger partial charge in [-0.25, -0.2) is 0 Å². The van der Waals surface area contributed by atoms with Crippen molar-refractivity contribution in [2.75, 3.05) is 19.3 Å². The highest BCUT2D eigenvalue weighted by atomic mass is 32.2. The van der Waals surface area contributed by atoms with E-state index < -0.39 is 0 Å². The molecule has 2 aromatic carbocycles. The molecule has 2 aromatic rings. The van der Waals surface area contributed by atoms with Gasteiger partial charge in [0.2, 0.25) is 0 Å². The highest BCUT2D eigenvalue weighted by molar-refractivity contribution is 7.98. The zero-order chi connectivity index (χ0) is 16.8. The Bertz CT molecular complexity index is 696. The molecular formula is C20H24N2OS. The normalized spacial score (nSPS) is 14.7. The van der Waals surface area contributed by atoms with Crippen molar-refractivity contribution in [1.29, 1.82) is 0 Å². The lowest BCUT2D eigenvalue weighted by atomic mass is 10.1. The molecule has 0 aliphatic carbocycles. The van der Waals surface area contributed by atoms with Crippen LogP contribution >= 0.6 is 11.8 Å². The monoisotopic (exact) mass is 340 g/mol. The molecule has 1 N–H and O–H groups in total. The van der Waals surface area contributed by atoms with Crippen molar-refractivity contribution in [2.24, 2.45) is 0 Å². The number of nitrogens with one attached hydrogen (secondary N) is 1. The molecule has 0 bridgehead atoms. The zero-order valence-corrected chi connectivity index (χ0v) is 14.9. The minimum atomic E-state index is -0.00377. The van der Waals surface area contributed by atoms with Crippen LogP contribution in [0.1, 0.15) is 34.3 Å². The van der Waals surface area contributed by atoms with Gasteiger partial charge < -0.3 is 5.32 Å². The van der Waals surface area contributed by atoms with Crippen LogP contribution < -0.4 is 5.32 Å².